The first-order chi connectivity index (χ1) is 8.70. The molecule has 18 heavy (non-hydrogen) atoms. The number of hydrogen-bond donors (Lipinski definition) is 1. The SMILES string of the molecule is NCC1CN(C(=O)Cc2ccccc2Cl)CCO1. The fourth-order valence-corrected chi connectivity index (χ4v) is 2.21. The average Bonchev–Trinajstić information content (AvgIpc) is 2.41. The Morgan fingerprint density at radius 1 is 1.50 bits per heavy atom. The summed E-state index contributed by atoms with van der Waals surface area (Å²) >= 11 is 6.05. The van der Waals surface area contributed by atoms with Gasteiger partial charge in [-0.25, -0.2) is 0 Å². The second kappa shape index (κ2) is 6.18. The van der Waals surface area contributed by atoms with Crippen molar-refractivity contribution in [3.63, 3.8) is 0 Å². The average molecular weight is 269 g/mol. The van der Waals surface area contributed by atoms with Gasteiger partial charge in [0, 0.05) is 24.7 Å². The summed E-state index contributed by atoms with van der Waals surface area (Å²) in [6, 6.07) is 7.42. The lowest BCUT2D eigenvalue weighted by atomic mass is 10.1. The fraction of sp³-hybridized carbons (Fsp3) is 0.462. The minimum Gasteiger partial charge on any atom is -0.373 e. The van der Waals surface area contributed by atoms with Crippen LogP contribution in [0.2, 0.25) is 5.02 Å². The van der Waals surface area contributed by atoms with E-state index in [-0.39, 0.29) is 12.0 Å². The Hall–Kier alpha value is -1.10. The summed E-state index contributed by atoms with van der Waals surface area (Å²) < 4.78 is 5.44. The largest absolute Gasteiger partial charge is 0.373 e. The zero-order valence-corrected chi connectivity index (χ0v) is 10.9. The maximum Gasteiger partial charge on any atom is 0.227 e. The number of halogens is 1. The Morgan fingerprint density at radius 2 is 2.28 bits per heavy atom. The number of nitrogens with two attached hydrogens (primary N) is 1. The quantitative estimate of drug-likeness (QED) is 0.892. The van der Waals surface area contributed by atoms with Gasteiger partial charge >= 0.3 is 0 Å². The zero-order valence-electron chi connectivity index (χ0n) is 10.1. The van der Waals surface area contributed by atoms with Gasteiger partial charge in [0.15, 0.2) is 0 Å². The molecule has 1 aliphatic rings. The van der Waals surface area contributed by atoms with Crippen LogP contribution in [0.15, 0.2) is 24.3 Å². The number of carbonyl (C=O) groups excluding carboxylic acids is 1. The first-order valence-corrected chi connectivity index (χ1v) is 6.41. The Labute approximate surface area is 112 Å². The first kappa shape index (κ1) is 13.3. The molecule has 1 aromatic rings. The van der Waals surface area contributed by atoms with Crippen molar-refractivity contribution < 1.29 is 9.53 Å². The van der Waals surface area contributed by atoms with Crippen LogP contribution in [0.3, 0.4) is 0 Å². The molecule has 0 bridgehead atoms. The number of benzene rings is 1. The molecule has 0 radical (unpaired) electrons. The Balaban J connectivity index is 1.97. The number of carbonyl (C=O) groups is 1. The highest BCUT2D eigenvalue weighted by atomic mass is 35.5. The minimum absolute atomic E-state index is 0.0473. The summed E-state index contributed by atoms with van der Waals surface area (Å²) in [5.41, 5.74) is 6.42. The summed E-state index contributed by atoms with van der Waals surface area (Å²) in [7, 11) is 0. The molecule has 1 aliphatic heterocycles. The van der Waals surface area contributed by atoms with Crippen molar-refractivity contribution in [1.29, 1.82) is 0 Å². The summed E-state index contributed by atoms with van der Waals surface area (Å²) in [6.45, 7) is 2.19. The topological polar surface area (TPSA) is 55.6 Å². The molecule has 0 aromatic heterocycles. The lowest BCUT2D eigenvalue weighted by Gasteiger charge is -2.32. The molecular weight excluding hydrogens is 252 g/mol. The van der Waals surface area contributed by atoms with Gasteiger partial charge < -0.3 is 15.4 Å². The van der Waals surface area contributed by atoms with Gasteiger partial charge in [-0.15, -0.1) is 0 Å². The fourth-order valence-electron chi connectivity index (χ4n) is 2.00. The Bertz CT molecular complexity index is 425. The molecule has 1 atom stereocenters. The van der Waals surface area contributed by atoms with Gasteiger partial charge in [0.05, 0.1) is 19.1 Å². The van der Waals surface area contributed by atoms with Crippen LogP contribution in [0.5, 0.6) is 0 Å². The summed E-state index contributed by atoms with van der Waals surface area (Å²) in [4.78, 5) is 13.9. The molecule has 1 amide bonds. The number of morpholine rings is 1. The molecule has 0 saturated carbocycles. The summed E-state index contributed by atoms with van der Waals surface area (Å²) in [5, 5.41) is 0.634. The molecule has 2 rings (SSSR count). The molecule has 0 spiro atoms. The van der Waals surface area contributed by atoms with E-state index in [0.717, 1.165) is 5.56 Å². The van der Waals surface area contributed by atoms with Gasteiger partial charge in [-0.1, -0.05) is 29.8 Å². The number of ether oxygens (including phenoxy) is 1. The third kappa shape index (κ3) is 3.22. The van der Waals surface area contributed by atoms with Crippen LogP contribution in [0.4, 0.5) is 0 Å². The van der Waals surface area contributed by atoms with Crippen molar-refractivity contribution in [2.75, 3.05) is 26.2 Å². The molecule has 1 heterocycles. The van der Waals surface area contributed by atoms with Crippen LogP contribution in [-0.4, -0.2) is 43.2 Å². The van der Waals surface area contributed by atoms with Crippen molar-refractivity contribution in [2.45, 2.75) is 12.5 Å². The van der Waals surface area contributed by atoms with Crippen LogP contribution >= 0.6 is 11.6 Å². The molecule has 1 saturated heterocycles. The van der Waals surface area contributed by atoms with E-state index < -0.39 is 0 Å². The van der Waals surface area contributed by atoms with E-state index in [2.05, 4.69) is 0 Å². The highest BCUT2D eigenvalue weighted by Gasteiger charge is 2.23. The van der Waals surface area contributed by atoms with E-state index in [1.165, 1.54) is 0 Å². The number of amides is 1. The predicted molar refractivity (Wildman–Crippen MR) is 70.5 cm³/mol. The van der Waals surface area contributed by atoms with E-state index in [4.69, 9.17) is 22.1 Å². The van der Waals surface area contributed by atoms with E-state index in [0.29, 0.717) is 37.7 Å². The molecule has 1 unspecified atom stereocenters. The zero-order chi connectivity index (χ0) is 13.0. The molecule has 5 heteroatoms. The smallest absolute Gasteiger partial charge is 0.227 e. The van der Waals surface area contributed by atoms with Gasteiger partial charge in [-0.05, 0) is 11.6 Å². The second-order valence-corrected chi connectivity index (χ2v) is 4.74. The van der Waals surface area contributed by atoms with Crippen molar-refractivity contribution in [1.82, 2.24) is 4.90 Å². The van der Waals surface area contributed by atoms with Crippen molar-refractivity contribution in [2.24, 2.45) is 5.73 Å². The summed E-state index contributed by atoms with van der Waals surface area (Å²) in [6.07, 6.45) is 0.283. The van der Waals surface area contributed by atoms with E-state index in [1.54, 1.807) is 11.0 Å². The maximum absolute atomic E-state index is 12.2. The molecular formula is C13H17ClN2O2. The van der Waals surface area contributed by atoms with E-state index in [1.807, 2.05) is 18.2 Å². The standard InChI is InChI=1S/C13H17ClN2O2/c14-12-4-2-1-3-10(12)7-13(17)16-5-6-18-11(8-15)9-16/h1-4,11H,5-9,15H2. The molecule has 1 fully saturated rings. The minimum atomic E-state index is -0.0473. The lowest BCUT2D eigenvalue weighted by Crippen LogP contribution is -2.48. The lowest BCUT2D eigenvalue weighted by molar-refractivity contribution is -0.137. The van der Waals surface area contributed by atoms with Crippen LogP contribution < -0.4 is 5.73 Å². The predicted octanol–water partition coefficient (Wildman–Crippen LogP) is 1.07. The van der Waals surface area contributed by atoms with Crippen molar-refractivity contribution >= 4 is 17.5 Å². The van der Waals surface area contributed by atoms with Gasteiger partial charge in [0.25, 0.3) is 0 Å². The number of nitrogens with zero attached hydrogens (tertiary/aromatic N) is 1. The normalized spacial score (nSPS) is 19.9. The Morgan fingerprint density at radius 3 is 3.00 bits per heavy atom. The van der Waals surface area contributed by atoms with E-state index in [9.17, 15) is 4.79 Å². The van der Waals surface area contributed by atoms with Crippen LogP contribution in [-0.2, 0) is 16.0 Å². The molecule has 4 nitrogen and oxygen atoms in total. The first-order valence-electron chi connectivity index (χ1n) is 6.03. The third-order valence-corrected chi connectivity index (χ3v) is 3.42. The van der Waals surface area contributed by atoms with Gasteiger partial charge in [0.1, 0.15) is 0 Å². The molecule has 0 aliphatic carbocycles. The van der Waals surface area contributed by atoms with Crippen molar-refractivity contribution in [3.05, 3.63) is 34.9 Å². The highest BCUT2D eigenvalue weighted by molar-refractivity contribution is 6.31. The van der Waals surface area contributed by atoms with Crippen LogP contribution in [0.25, 0.3) is 0 Å². The number of rotatable bonds is 3. The molecule has 98 valence electrons. The van der Waals surface area contributed by atoms with Gasteiger partial charge in [0.2, 0.25) is 5.91 Å². The number of hydrogen-bond acceptors (Lipinski definition) is 3. The third-order valence-electron chi connectivity index (χ3n) is 3.05. The maximum atomic E-state index is 12.2. The van der Waals surface area contributed by atoms with Gasteiger partial charge in [-0.2, -0.15) is 0 Å². The molecule has 1 aromatic carbocycles. The van der Waals surface area contributed by atoms with Crippen LogP contribution in [0.1, 0.15) is 5.56 Å². The van der Waals surface area contributed by atoms with Crippen LogP contribution in [0, 0.1) is 0 Å². The highest BCUT2D eigenvalue weighted by Crippen LogP contribution is 2.17. The second-order valence-electron chi connectivity index (χ2n) is 4.34. The molecule has 2 N–H and O–H groups in total. The summed E-state index contributed by atoms with van der Waals surface area (Å²) in [5.74, 6) is 0.0739. The van der Waals surface area contributed by atoms with E-state index >= 15 is 0 Å². The van der Waals surface area contributed by atoms with Crippen molar-refractivity contribution in [3.8, 4) is 0 Å². The van der Waals surface area contributed by atoms with Gasteiger partial charge in [-0.3, -0.25) is 4.79 Å². The Kier molecular flexibility index (Phi) is 4.58. The monoisotopic (exact) mass is 268 g/mol.